The molecule has 1 N–H and O–H groups in total. The molecule has 0 atom stereocenters. The summed E-state index contributed by atoms with van der Waals surface area (Å²) in [7, 11) is 3.27. The maximum absolute atomic E-state index is 10.8. The molecule has 11 heteroatoms. The number of aldehydes is 2. The Morgan fingerprint density at radius 2 is 0.931 bits per heavy atom. The van der Waals surface area contributed by atoms with Crippen molar-refractivity contribution in [1.29, 1.82) is 5.41 Å². The number of nitrogens with one attached hydrogen (secondary N) is 1. The van der Waals surface area contributed by atoms with Gasteiger partial charge in [-0.05, 0) is 135 Å². The first-order valence-corrected chi connectivity index (χ1v) is 19.1. The summed E-state index contributed by atoms with van der Waals surface area (Å²) in [5.74, 6) is 2.39. The molecule has 0 fully saturated rings. The van der Waals surface area contributed by atoms with Crippen LogP contribution in [0.25, 0.3) is 11.1 Å². The molecule has 0 spiro atoms. The Morgan fingerprint density at radius 3 is 1.31 bits per heavy atom. The van der Waals surface area contributed by atoms with E-state index in [2.05, 4.69) is 13.2 Å². The number of ether oxygens (including phenoxy) is 6. The van der Waals surface area contributed by atoms with Crippen LogP contribution in [0.1, 0.15) is 77.6 Å². The van der Waals surface area contributed by atoms with Gasteiger partial charge in [-0.15, -0.1) is 0 Å². The van der Waals surface area contributed by atoms with E-state index in [-0.39, 0.29) is 11.9 Å². The van der Waals surface area contributed by atoms with Crippen LogP contribution in [0.2, 0.25) is 0 Å². The topological polar surface area (TPSA) is 148 Å². The van der Waals surface area contributed by atoms with Gasteiger partial charge in [-0.3, -0.25) is 9.59 Å². The SMILES string of the molecule is C=CC(=O)OCCCCCCOc1ccc(C=O)cc1.C=CC(=O)OCCCCCCOc1ccc(C=O)cc1.COc1ccc(-c2ccc(OC)cc2C=N)cc1. The van der Waals surface area contributed by atoms with Gasteiger partial charge in [0.15, 0.2) is 0 Å². The van der Waals surface area contributed by atoms with E-state index in [1.807, 2.05) is 42.5 Å². The molecule has 0 aliphatic rings. The van der Waals surface area contributed by atoms with Crippen LogP contribution in [0.3, 0.4) is 0 Å². The number of hydrogen-bond acceptors (Lipinski definition) is 11. The third kappa shape index (κ3) is 19.9. The molecule has 0 aliphatic heterocycles. The lowest BCUT2D eigenvalue weighted by Gasteiger charge is -2.09. The highest BCUT2D eigenvalue weighted by molar-refractivity contribution is 5.89. The first kappa shape index (κ1) is 47.7. The van der Waals surface area contributed by atoms with Crippen molar-refractivity contribution in [3.63, 3.8) is 0 Å². The van der Waals surface area contributed by atoms with E-state index in [0.29, 0.717) is 37.6 Å². The van der Waals surface area contributed by atoms with Gasteiger partial charge in [0.25, 0.3) is 0 Å². The summed E-state index contributed by atoms with van der Waals surface area (Å²) in [6.45, 7) is 8.84. The van der Waals surface area contributed by atoms with Gasteiger partial charge >= 0.3 is 11.9 Å². The standard InChI is InChI=1S/2C16H20O4.C15H15NO2/c2*1-2-16(18)20-12-6-4-3-5-11-19-15-9-7-14(13-17)8-10-15;1-17-13-5-3-11(4-6-13)15-8-7-14(18-2)9-12(15)10-16/h2*2,7-10,13H,1,3-6,11-12H2;3-10,16H,1-2H3. The van der Waals surface area contributed by atoms with E-state index >= 15 is 0 Å². The lowest BCUT2D eigenvalue weighted by molar-refractivity contribution is -0.138. The van der Waals surface area contributed by atoms with Gasteiger partial charge in [0.2, 0.25) is 0 Å². The van der Waals surface area contributed by atoms with Crippen LogP contribution < -0.4 is 18.9 Å². The third-order valence-electron chi connectivity index (χ3n) is 8.28. The van der Waals surface area contributed by atoms with Crippen LogP contribution in [0, 0.1) is 5.41 Å². The molecule has 0 radical (unpaired) electrons. The Bertz CT molecular complexity index is 1740. The number of carbonyl (C=O) groups excluding carboxylic acids is 4. The number of benzene rings is 4. The Hall–Kier alpha value is -6.49. The average Bonchev–Trinajstić information content (AvgIpc) is 3.28. The second-order valence-electron chi connectivity index (χ2n) is 12.5. The molecule has 58 heavy (non-hydrogen) atoms. The molecule has 0 aliphatic carbocycles. The Labute approximate surface area is 342 Å². The van der Waals surface area contributed by atoms with Crippen molar-refractivity contribution in [3.05, 3.63) is 133 Å². The molecule has 0 heterocycles. The molecule has 308 valence electrons. The molecule has 0 unspecified atom stereocenters. The molecule has 0 saturated carbocycles. The lowest BCUT2D eigenvalue weighted by atomic mass is 10.00. The lowest BCUT2D eigenvalue weighted by Crippen LogP contribution is -2.02. The van der Waals surface area contributed by atoms with Crippen LogP contribution >= 0.6 is 0 Å². The fraction of sp³-hybridized carbons (Fsp3) is 0.298. The predicted molar refractivity (Wildman–Crippen MR) is 227 cm³/mol. The van der Waals surface area contributed by atoms with Crippen molar-refractivity contribution in [3.8, 4) is 34.1 Å². The molecule has 0 amide bonds. The van der Waals surface area contributed by atoms with Crippen LogP contribution in [0.15, 0.2) is 116 Å². The zero-order valence-corrected chi connectivity index (χ0v) is 33.5. The van der Waals surface area contributed by atoms with Gasteiger partial charge in [-0.1, -0.05) is 31.4 Å². The zero-order chi connectivity index (χ0) is 42.2. The normalized spacial score (nSPS) is 9.83. The Balaban J connectivity index is 0.000000300. The number of carbonyl (C=O) groups is 4. The highest BCUT2D eigenvalue weighted by atomic mass is 16.5. The number of hydrogen-bond donors (Lipinski definition) is 1. The van der Waals surface area contributed by atoms with Crippen molar-refractivity contribution < 1.29 is 47.6 Å². The maximum atomic E-state index is 10.8. The summed E-state index contributed by atoms with van der Waals surface area (Å²) < 4.78 is 31.1. The Kier molecular flexibility index (Phi) is 24.4. The molecule has 0 bridgehead atoms. The smallest absolute Gasteiger partial charge is 0.330 e. The monoisotopic (exact) mass is 793 g/mol. The largest absolute Gasteiger partial charge is 0.497 e. The Morgan fingerprint density at radius 1 is 0.534 bits per heavy atom. The molecular weight excluding hydrogens is 739 g/mol. The summed E-state index contributed by atoms with van der Waals surface area (Å²) in [6, 6.07) is 27.6. The van der Waals surface area contributed by atoms with Crippen molar-refractivity contribution >= 4 is 30.7 Å². The van der Waals surface area contributed by atoms with E-state index in [9.17, 15) is 19.2 Å². The maximum Gasteiger partial charge on any atom is 0.330 e. The van der Waals surface area contributed by atoms with Gasteiger partial charge in [0.05, 0.1) is 40.6 Å². The van der Waals surface area contributed by atoms with Gasteiger partial charge in [-0.25, -0.2) is 9.59 Å². The summed E-state index contributed by atoms with van der Waals surface area (Å²) in [6.07, 6.45) is 12.9. The quantitative estimate of drug-likeness (QED) is 0.0239. The second kappa shape index (κ2) is 29.8. The summed E-state index contributed by atoms with van der Waals surface area (Å²) in [5, 5.41) is 7.48. The van der Waals surface area contributed by atoms with Crippen LogP contribution in [-0.4, -0.2) is 71.4 Å². The van der Waals surface area contributed by atoms with Gasteiger partial charge < -0.3 is 33.8 Å². The van der Waals surface area contributed by atoms with E-state index < -0.39 is 0 Å². The minimum absolute atomic E-state index is 0.368. The highest BCUT2D eigenvalue weighted by Crippen LogP contribution is 2.28. The summed E-state index contributed by atoms with van der Waals surface area (Å²) in [5.41, 5.74) is 4.18. The number of rotatable bonds is 24. The summed E-state index contributed by atoms with van der Waals surface area (Å²) >= 11 is 0. The molecule has 4 aromatic rings. The second-order valence-corrected chi connectivity index (χ2v) is 12.5. The van der Waals surface area contributed by atoms with Crippen molar-refractivity contribution in [2.45, 2.75) is 51.4 Å². The highest BCUT2D eigenvalue weighted by Gasteiger charge is 2.06. The van der Waals surface area contributed by atoms with Gasteiger partial charge in [0.1, 0.15) is 35.6 Å². The molecule has 4 aromatic carbocycles. The fourth-order valence-corrected chi connectivity index (χ4v) is 5.06. The van der Waals surface area contributed by atoms with Crippen molar-refractivity contribution in [2.75, 3.05) is 40.6 Å². The van der Waals surface area contributed by atoms with E-state index in [1.54, 1.807) is 62.8 Å². The fourth-order valence-electron chi connectivity index (χ4n) is 5.06. The van der Waals surface area contributed by atoms with Gasteiger partial charge in [-0.2, -0.15) is 0 Å². The van der Waals surface area contributed by atoms with E-state index in [1.165, 1.54) is 18.4 Å². The molecular formula is C47H55NO10. The third-order valence-corrected chi connectivity index (χ3v) is 8.28. The molecule has 11 nitrogen and oxygen atoms in total. The first-order valence-electron chi connectivity index (χ1n) is 19.1. The van der Waals surface area contributed by atoms with E-state index in [0.717, 1.165) is 104 Å². The summed E-state index contributed by atoms with van der Waals surface area (Å²) in [4.78, 5) is 42.5. The van der Waals surface area contributed by atoms with Crippen LogP contribution in [-0.2, 0) is 19.1 Å². The minimum Gasteiger partial charge on any atom is -0.497 e. The first-order chi connectivity index (χ1) is 28.3. The predicted octanol–water partition coefficient (Wildman–Crippen LogP) is 9.70. The molecule has 4 rings (SSSR count). The van der Waals surface area contributed by atoms with Crippen LogP contribution in [0.4, 0.5) is 0 Å². The number of esters is 2. The molecule has 0 aromatic heterocycles. The van der Waals surface area contributed by atoms with Crippen molar-refractivity contribution in [2.24, 2.45) is 0 Å². The zero-order valence-electron chi connectivity index (χ0n) is 33.5. The number of methoxy groups -OCH3 is 2. The number of unbranched alkanes of at least 4 members (excludes halogenated alkanes) is 6. The van der Waals surface area contributed by atoms with Crippen LogP contribution in [0.5, 0.6) is 23.0 Å². The van der Waals surface area contributed by atoms with E-state index in [4.69, 9.17) is 33.8 Å². The van der Waals surface area contributed by atoms with Gasteiger partial charge in [0, 0.05) is 35.1 Å². The van der Waals surface area contributed by atoms with Crippen molar-refractivity contribution in [1.82, 2.24) is 0 Å². The average molecular weight is 794 g/mol. The minimum atomic E-state index is -0.368. The molecule has 0 saturated heterocycles.